The number of hydrogen-bond donors (Lipinski definition) is 0. The topological polar surface area (TPSA) is 51.8 Å². The summed E-state index contributed by atoms with van der Waals surface area (Å²) in [6, 6.07) is 65.1. The van der Waals surface area contributed by atoms with Gasteiger partial charge in [0.2, 0.25) is 0 Å². The summed E-state index contributed by atoms with van der Waals surface area (Å²) in [7, 11) is 0. The highest BCUT2D eigenvalue weighted by atomic mass is 16.3. The molecule has 4 nitrogen and oxygen atoms in total. The molecule has 0 radical (unpaired) electrons. The second-order valence-electron chi connectivity index (χ2n) is 13.2. The van der Waals surface area contributed by atoms with E-state index in [1.54, 1.807) is 0 Å². The largest absolute Gasteiger partial charge is 0.455 e. The SMILES string of the molecule is c1ccc(-c2ccc(-c3nc(-c4cccc(-c5ccc(-c6ccccc6)c6oc7ccccc7c56)c4)nc(-c4ccc5ccccc5c4)n3)cc2)cc1. The van der Waals surface area contributed by atoms with Crippen LogP contribution in [-0.4, -0.2) is 15.0 Å². The van der Waals surface area contributed by atoms with Gasteiger partial charge in [0.25, 0.3) is 0 Å². The molecule has 0 fully saturated rings. The third kappa shape index (κ3) is 5.63. The first-order valence-corrected chi connectivity index (χ1v) is 17.8. The first-order valence-electron chi connectivity index (χ1n) is 17.8. The molecule has 10 aromatic rings. The highest BCUT2D eigenvalue weighted by Crippen LogP contribution is 2.42. The van der Waals surface area contributed by atoms with Gasteiger partial charge in [0.15, 0.2) is 17.5 Å². The Morgan fingerprint density at radius 3 is 1.62 bits per heavy atom. The quantitative estimate of drug-likeness (QED) is 0.176. The van der Waals surface area contributed by atoms with Gasteiger partial charge in [0.1, 0.15) is 11.2 Å². The van der Waals surface area contributed by atoms with Crippen LogP contribution < -0.4 is 0 Å². The van der Waals surface area contributed by atoms with E-state index in [1.807, 2.05) is 24.3 Å². The average molecular weight is 678 g/mol. The molecular formula is C49H31N3O. The monoisotopic (exact) mass is 677 g/mol. The molecule has 10 rings (SSSR count). The zero-order valence-corrected chi connectivity index (χ0v) is 28.6. The van der Waals surface area contributed by atoms with Crippen LogP contribution in [-0.2, 0) is 0 Å². The second kappa shape index (κ2) is 12.9. The Kier molecular flexibility index (Phi) is 7.43. The molecular weight excluding hydrogens is 647 g/mol. The maximum atomic E-state index is 6.58. The van der Waals surface area contributed by atoms with E-state index in [2.05, 4.69) is 164 Å². The van der Waals surface area contributed by atoms with Crippen LogP contribution in [0.2, 0.25) is 0 Å². The van der Waals surface area contributed by atoms with Gasteiger partial charge in [-0.05, 0) is 62.9 Å². The van der Waals surface area contributed by atoms with Crippen molar-refractivity contribution in [3.63, 3.8) is 0 Å². The van der Waals surface area contributed by atoms with Gasteiger partial charge in [-0.15, -0.1) is 0 Å². The molecule has 0 aliphatic heterocycles. The molecule has 4 heteroatoms. The van der Waals surface area contributed by atoms with Crippen molar-refractivity contribution in [2.45, 2.75) is 0 Å². The molecule has 0 unspecified atom stereocenters. The van der Waals surface area contributed by atoms with Crippen LogP contribution in [0.3, 0.4) is 0 Å². The van der Waals surface area contributed by atoms with Crippen LogP contribution in [0.1, 0.15) is 0 Å². The number of nitrogens with zero attached hydrogens (tertiary/aromatic N) is 3. The third-order valence-electron chi connectivity index (χ3n) is 9.94. The summed E-state index contributed by atoms with van der Waals surface area (Å²) in [5.41, 5.74) is 11.1. The van der Waals surface area contributed by atoms with Crippen molar-refractivity contribution in [3.05, 3.63) is 188 Å². The lowest BCUT2D eigenvalue weighted by molar-refractivity contribution is 0.670. The lowest BCUT2D eigenvalue weighted by atomic mass is 9.94. The second-order valence-corrected chi connectivity index (χ2v) is 13.2. The Morgan fingerprint density at radius 2 is 0.849 bits per heavy atom. The maximum Gasteiger partial charge on any atom is 0.164 e. The number of aromatic nitrogens is 3. The normalized spacial score (nSPS) is 11.4. The fraction of sp³-hybridized carbons (Fsp3) is 0. The summed E-state index contributed by atoms with van der Waals surface area (Å²) in [6.07, 6.45) is 0. The van der Waals surface area contributed by atoms with E-state index in [1.165, 1.54) is 10.9 Å². The van der Waals surface area contributed by atoms with Crippen LogP contribution in [0.4, 0.5) is 0 Å². The third-order valence-corrected chi connectivity index (χ3v) is 9.94. The molecule has 0 aliphatic carbocycles. The molecule has 0 saturated heterocycles. The number of rotatable bonds is 6. The Labute approximate surface area is 306 Å². The van der Waals surface area contributed by atoms with Gasteiger partial charge in [0.05, 0.1) is 0 Å². The maximum absolute atomic E-state index is 6.58. The van der Waals surface area contributed by atoms with E-state index in [-0.39, 0.29) is 0 Å². The molecule has 8 aromatic carbocycles. The smallest absolute Gasteiger partial charge is 0.164 e. The van der Waals surface area contributed by atoms with Gasteiger partial charge in [-0.3, -0.25) is 0 Å². The summed E-state index contributed by atoms with van der Waals surface area (Å²) in [4.78, 5) is 15.3. The molecule has 0 bridgehead atoms. The molecule has 0 spiro atoms. The summed E-state index contributed by atoms with van der Waals surface area (Å²) in [6.45, 7) is 0. The summed E-state index contributed by atoms with van der Waals surface area (Å²) < 4.78 is 6.58. The Hall–Kier alpha value is -7.17. The molecule has 0 N–H and O–H groups in total. The lowest BCUT2D eigenvalue weighted by Crippen LogP contribution is -2.00. The summed E-state index contributed by atoms with van der Waals surface area (Å²) >= 11 is 0. The van der Waals surface area contributed by atoms with Crippen molar-refractivity contribution >= 4 is 32.7 Å². The first-order chi connectivity index (χ1) is 26.2. The lowest BCUT2D eigenvalue weighted by Gasteiger charge is -2.12. The van der Waals surface area contributed by atoms with Crippen molar-refractivity contribution in [2.75, 3.05) is 0 Å². The summed E-state index contributed by atoms with van der Waals surface area (Å²) in [5, 5.41) is 4.48. The number of hydrogen-bond acceptors (Lipinski definition) is 4. The molecule has 2 aromatic heterocycles. The standard InChI is InChI=1S/C49H31N3O/c1-3-12-32(13-4-1)34-22-25-36(26-23-34)47-50-48(52-49(51-47)40-27-24-33-14-7-8-17-37(33)30-40)39-19-11-18-38(31-39)41-28-29-42(35-15-5-2-6-16-35)46-45(41)43-20-9-10-21-44(43)53-46/h1-31H. The van der Waals surface area contributed by atoms with Crippen LogP contribution >= 0.6 is 0 Å². The highest BCUT2D eigenvalue weighted by molar-refractivity contribution is 6.16. The predicted molar refractivity (Wildman–Crippen MR) is 217 cm³/mol. The minimum atomic E-state index is 0.612. The van der Waals surface area contributed by atoms with E-state index < -0.39 is 0 Å². The Bertz CT molecular complexity index is 2930. The van der Waals surface area contributed by atoms with Crippen molar-refractivity contribution in [1.82, 2.24) is 15.0 Å². The number of para-hydroxylation sites is 1. The van der Waals surface area contributed by atoms with E-state index in [0.29, 0.717) is 17.5 Å². The molecule has 53 heavy (non-hydrogen) atoms. The van der Waals surface area contributed by atoms with Crippen molar-refractivity contribution in [2.24, 2.45) is 0 Å². The fourth-order valence-electron chi connectivity index (χ4n) is 7.27. The van der Waals surface area contributed by atoms with Crippen LogP contribution in [0.5, 0.6) is 0 Å². The number of benzene rings is 8. The minimum Gasteiger partial charge on any atom is -0.455 e. The van der Waals surface area contributed by atoms with Crippen LogP contribution in [0.25, 0.3) is 100 Å². The Balaban J connectivity index is 1.13. The summed E-state index contributed by atoms with van der Waals surface area (Å²) in [5.74, 6) is 1.86. The van der Waals surface area contributed by atoms with Gasteiger partial charge in [0, 0.05) is 33.0 Å². The van der Waals surface area contributed by atoms with Crippen molar-refractivity contribution in [3.8, 4) is 67.5 Å². The Morgan fingerprint density at radius 1 is 0.321 bits per heavy atom. The van der Waals surface area contributed by atoms with Crippen LogP contribution in [0.15, 0.2) is 192 Å². The van der Waals surface area contributed by atoms with E-state index in [9.17, 15) is 0 Å². The van der Waals surface area contributed by atoms with Gasteiger partial charge in [-0.2, -0.15) is 0 Å². The van der Waals surface area contributed by atoms with E-state index in [4.69, 9.17) is 19.4 Å². The molecule has 0 saturated carbocycles. The van der Waals surface area contributed by atoms with Gasteiger partial charge in [-0.25, -0.2) is 15.0 Å². The van der Waals surface area contributed by atoms with E-state index >= 15 is 0 Å². The minimum absolute atomic E-state index is 0.612. The molecule has 0 amide bonds. The zero-order valence-electron chi connectivity index (χ0n) is 28.6. The van der Waals surface area contributed by atoms with Crippen molar-refractivity contribution in [1.29, 1.82) is 0 Å². The van der Waals surface area contributed by atoms with Crippen molar-refractivity contribution < 1.29 is 4.42 Å². The highest BCUT2D eigenvalue weighted by Gasteiger charge is 2.19. The molecule has 0 aliphatic rings. The zero-order chi connectivity index (χ0) is 35.1. The fourth-order valence-corrected chi connectivity index (χ4v) is 7.27. The molecule has 248 valence electrons. The van der Waals surface area contributed by atoms with Gasteiger partial charge in [-0.1, -0.05) is 164 Å². The first kappa shape index (κ1) is 30.6. The average Bonchev–Trinajstić information content (AvgIpc) is 3.64. The number of fused-ring (bicyclic) bond motifs is 4. The van der Waals surface area contributed by atoms with Gasteiger partial charge < -0.3 is 4.42 Å². The molecule has 2 heterocycles. The van der Waals surface area contributed by atoms with E-state index in [0.717, 1.165) is 71.8 Å². The van der Waals surface area contributed by atoms with Crippen LogP contribution in [0, 0.1) is 0 Å². The molecule has 0 atom stereocenters. The predicted octanol–water partition coefficient (Wildman–Crippen LogP) is 12.9. The number of furan rings is 1. The van der Waals surface area contributed by atoms with Gasteiger partial charge >= 0.3 is 0 Å².